The van der Waals surface area contributed by atoms with Gasteiger partial charge >= 0.3 is 0 Å². The number of ether oxygens (including phenoxy) is 1. The van der Waals surface area contributed by atoms with E-state index in [2.05, 4.69) is 39.1 Å². The van der Waals surface area contributed by atoms with Gasteiger partial charge in [-0.2, -0.15) is 0 Å². The lowest BCUT2D eigenvalue weighted by Crippen LogP contribution is -2.35. The van der Waals surface area contributed by atoms with Crippen LogP contribution < -0.4 is 5.73 Å². The Morgan fingerprint density at radius 1 is 0.833 bits per heavy atom. The molecule has 0 amide bonds. The van der Waals surface area contributed by atoms with E-state index >= 15 is 0 Å². The summed E-state index contributed by atoms with van der Waals surface area (Å²) in [5.74, 6) is 0.253. The molecule has 30 heavy (non-hydrogen) atoms. The van der Waals surface area contributed by atoms with Crippen LogP contribution in [-0.4, -0.2) is 46.2 Å². The molecule has 0 bridgehead atoms. The number of aromatic nitrogens is 3. The Labute approximate surface area is 175 Å². The fourth-order valence-electron chi connectivity index (χ4n) is 3.89. The zero-order valence-corrected chi connectivity index (χ0v) is 16.7. The van der Waals surface area contributed by atoms with Crippen molar-refractivity contribution in [1.82, 2.24) is 19.9 Å². The fraction of sp³-hybridized carbons (Fsp3) is 0.208. The molecular weight excluding hydrogens is 374 g/mol. The zero-order chi connectivity index (χ0) is 20.3. The zero-order valence-electron chi connectivity index (χ0n) is 16.7. The number of nitrogen functional groups attached to an aromatic ring is 1. The standard InChI is InChI=1S/C24H23N5O/c25-24-27-21-11-10-20(26-23(21)22(28-24)17-6-2-1-3-7-17)19-9-5-4-8-18(19)16-29-12-14-30-15-13-29/h1-11H,12-16H2,(H2,25,27,28). The fourth-order valence-corrected chi connectivity index (χ4v) is 3.89. The van der Waals surface area contributed by atoms with Crippen LogP contribution in [0.1, 0.15) is 5.56 Å². The van der Waals surface area contributed by atoms with E-state index in [1.807, 2.05) is 42.5 Å². The van der Waals surface area contributed by atoms with Crippen LogP contribution in [0.15, 0.2) is 66.7 Å². The van der Waals surface area contributed by atoms with Crippen molar-refractivity contribution in [2.24, 2.45) is 0 Å². The second-order valence-corrected chi connectivity index (χ2v) is 7.41. The maximum Gasteiger partial charge on any atom is 0.221 e. The average Bonchev–Trinajstić information content (AvgIpc) is 2.80. The Hall–Kier alpha value is -3.35. The van der Waals surface area contributed by atoms with Gasteiger partial charge in [-0.25, -0.2) is 15.0 Å². The van der Waals surface area contributed by atoms with Gasteiger partial charge < -0.3 is 10.5 Å². The van der Waals surface area contributed by atoms with E-state index in [1.165, 1.54) is 5.56 Å². The minimum Gasteiger partial charge on any atom is -0.379 e. The monoisotopic (exact) mass is 397 g/mol. The van der Waals surface area contributed by atoms with Crippen LogP contribution >= 0.6 is 0 Å². The summed E-state index contributed by atoms with van der Waals surface area (Å²) < 4.78 is 5.49. The Bertz CT molecular complexity index is 1170. The number of nitrogens with two attached hydrogens (primary N) is 1. The van der Waals surface area contributed by atoms with Gasteiger partial charge in [0.15, 0.2) is 0 Å². The summed E-state index contributed by atoms with van der Waals surface area (Å²) in [4.78, 5) is 16.3. The molecule has 2 N–H and O–H groups in total. The quantitative estimate of drug-likeness (QED) is 0.565. The van der Waals surface area contributed by atoms with Gasteiger partial charge in [0.2, 0.25) is 5.95 Å². The first-order chi connectivity index (χ1) is 14.8. The van der Waals surface area contributed by atoms with E-state index < -0.39 is 0 Å². The normalized spacial score (nSPS) is 14.8. The van der Waals surface area contributed by atoms with Crippen LogP contribution in [0.5, 0.6) is 0 Å². The van der Waals surface area contributed by atoms with Crippen LogP contribution in [-0.2, 0) is 11.3 Å². The van der Waals surface area contributed by atoms with E-state index in [-0.39, 0.29) is 5.95 Å². The third kappa shape index (κ3) is 3.75. The van der Waals surface area contributed by atoms with Gasteiger partial charge in [-0.05, 0) is 17.7 Å². The summed E-state index contributed by atoms with van der Waals surface area (Å²) in [7, 11) is 0. The predicted molar refractivity (Wildman–Crippen MR) is 119 cm³/mol. The van der Waals surface area contributed by atoms with Crippen molar-refractivity contribution in [2.45, 2.75) is 6.54 Å². The first-order valence-corrected chi connectivity index (χ1v) is 10.2. The number of nitrogens with zero attached hydrogens (tertiary/aromatic N) is 4. The number of hydrogen-bond acceptors (Lipinski definition) is 6. The van der Waals surface area contributed by atoms with Crippen molar-refractivity contribution in [3.05, 3.63) is 72.3 Å². The van der Waals surface area contributed by atoms with Gasteiger partial charge in [0.05, 0.1) is 24.4 Å². The molecule has 1 saturated heterocycles. The molecule has 1 aliphatic heterocycles. The van der Waals surface area contributed by atoms with Crippen molar-refractivity contribution in [2.75, 3.05) is 32.0 Å². The highest BCUT2D eigenvalue weighted by Gasteiger charge is 2.16. The molecule has 5 rings (SSSR count). The molecule has 6 nitrogen and oxygen atoms in total. The molecule has 150 valence electrons. The van der Waals surface area contributed by atoms with E-state index in [0.717, 1.165) is 66.4 Å². The van der Waals surface area contributed by atoms with Gasteiger partial charge in [-0.1, -0.05) is 54.6 Å². The Morgan fingerprint density at radius 2 is 1.60 bits per heavy atom. The van der Waals surface area contributed by atoms with Gasteiger partial charge in [0, 0.05) is 30.8 Å². The van der Waals surface area contributed by atoms with E-state index in [4.69, 9.17) is 15.5 Å². The molecule has 1 aliphatic rings. The molecule has 4 aromatic rings. The number of fused-ring (bicyclic) bond motifs is 1. The van der Waals surface area contributed by atoms with Crippen LogP contribution in [0.2, 0.25) is 0 Å². The van der Waals surface area contributed by atoms with Gasteiger partial charge in [-0.15, -0.1) is 0 Å². The molecule has 2 aromatic carbocycles. The number of hydrogen-bond donors (Lipinski definition) is 1. The van der Waals surface area contributed by atoms with Gasteiger partial charge in [0.25, 0.3) is 0 Å². The Kier molecular flexibility index (Phi) is 5.09. The summed E-state index contributed by atoms with van der Waals surface area (Å²) in [5.41, 5.74) is 12.5. The van der Waals surface area contributed by atoms with Crippen molar-refractivity contribution in [3.63, 3.8) is 0 Å². The lowest BCUT2D eigenvalue weighted by molar-refractivity contribution is 0.0342. The summed E-state index contributed by atoms with van der Waals surface area (Å²) in [6.45, 7) is 4.35. The van der Waals surface area contributed by atoms with Crippen LogP contribution in [0.3, 0.4) is 0 Å². The van der Waals surface area contributed by atoms with Crippen molar-refractivity contribution in [3.8, 4) is 22.5 Å². The SMILES string of the molecule is Nc1nc(-c2ccccc2)c2nc(-c3ccccc3CN3CCOCC3)ccc2n1. The summed E-state index contributed by atoms with van der Waals surface area (Å²) in [5, 5.41) is 0. The maximum absolute atomic E-state index is 5.97. The van der Waals surface area contributed by atoms with Crippen LogP contribution in [0.4, 0.5) is 5.95 Å². The highest BCUT2D eigenvalue weighted by Crippen LogP contribution is 2.29. The first-order valence-electron chi connectivity index (χ1n) is 10.2. The first kappa shape index (κ1) is 18.7. The van der Waals surface area contributed by atoms with Gasteiger partial charge in [-0.3, -0.25) is 4.90 Å². The number of anilines is 1. The molecule has 1 fully saturated rings. The minimum absolute atomic E-state index is 0.253. The number of pyridine rings is 1. The summed E-state index contributed by atoms with van der Waals surface area (Å²) in [6.07, 6.45) is 0. The molecule has 3 heterocycles. The molecule has 0 atom stereocenters. The van der Waals surface area contributed by atoms with Crippen LogP contribution in [0, 0.1) is 0 Å². The minimum atomic E-state index is 0.253. The molecule has 0 radical (unpaired) electrons. The summed E-state index contributed by atoms with van der Waals surface area (Å²) in [6, 6.07) is 22.4. The molecule has 0 saturated carbocycles. The van der Waals surface area contributed by atoms with E-state index in [1.54, 1.807) is 0 Å². The van der Waals surface area contributed by atoms with Crippen LogP contribution in [0.25, 0.3) is 33.5 Å². The molecule has 0 unspecified atom stereocenters. The smallest absolute Gasteiger partial charge is 0.221 e. The molecule has 6 heteroatoms. The molecular formula is C24H23N5O. The van der Waals surface area contributed by atoms with E-state index in [9.17, 15) is 0 Å². The Morgan fingerprint density at radius 3 is 2.43 bits per heavy atom. The van der Waals surface area contributed by atoms with E-state index in [0.29, 0.717) is 0 Å². The van der Waals surface area contributed by atoms with Crippen molar-refractivity contribution < 1.29 is 4.74 Å². The molecule has 0 aliphatic carbocycles. The predicted octanol–water partition coefficient (Wildman–Crippen LogP) is 3.77. The second-order valence-electron chi connectivity index (χ2n) is 7.41. The largest absolute Gasteiger partial charge is 0.379 e. The lowest BCUT2D eigenvalue weighted by Gasteiger charge is -2.27. The van der Waals surface area contributed by atoms with Crippen molar-refractivity contribution in [1.29, 1.82) is 0 Å². The number of rotatable bonds is 4. The van der Waals surface area contributed by atoms with Crippen molar-refractivity contribution >= 4 is 17.0 Å². The molecule has 2 aromatic heterocycles. The number of benzene rings is 2. The number of morpholine rings is 1. The Balaban J connectivity index is 1.60. The molecule has 0 spiro atoms. The average molecular weight is 397 g/mol. The topological polar surface area (TPSA) is 77.2 Å². The third-order valence-electron chi connectivity index (χ3n) is 5.40. The lowest BCUT2D eigenvalue weighted by atomic mass is 10.0. The maximum atomic E-state index is 5.97. The summed E-state index contributed by atoms with van der Waals surface area (Å²) >= 11 is 0. The highest BCUT2D eigenvalue weighted by atomic mass is 16.5. The third-order valence-corrected chi connectivity index (χ3v) is 5.40. The highest BCUT2D eigenvalue weighted by molar-refractivity contribution is 5.91. The van der Waals surface area contributed by atoms with Gasteiger partial charge in [0.1, 0.15) is 11.2 Å². The second kappa shape index (κ2) is 8.18.